The molecule has 2 rings (SSSR count). The van der Waals surface area contributed by atoms with Crippen LogP contribution in [0.2, 0.25) is 5.02 Å². The lowest BCUT2D eigenvalue weighted by Crippen LogP contribution is -2.50. The number of carbonyl (C=O) groups excluding carboxylic acids is 1. The van der Waals surface area contributed by atoms with Gasteiger partial charge in [-0.2, -0.15) is 0 Å². The largest absolute Gasteiger partial charge is 0.339 e. The molecule has 1 aromatic carbocycles. The van der Waals surface area contributed by atoms with Crippen LogP contribution in [0.5, 0.6) is 0 Å². The third kappa shape index (κ3) is 3.66. The van der Waals surface area contributed by atoms with E-state index in [4.69, 9.17) is 11.6 Å². The maximum atomic E-state index is 12.4. The van der Waals surface area contributed by atoms with Gasteiger partial charge < -0.3 is 10.2 Å². The summed E-state index contributed by atoms with van der Waals surface area (Å²) < 4.78 is 0. The van der Waals surface area contributed by atoms with Gasteiger partial charge in [-0.15, -0.1) is 12.4 Å². The monoisotopic (exact) mass is 316 g/mol. The average Bonchev–Trinajstić information content (AvgIpc) is 2.35. The van der Waals surface area contributed by atoms with E-state index in [1.165, 1.54) is 0 Å². The fraction of sp³-hybridized carbons (Fsp3) is 0.533. The Bertz CT molecular complexity index is 446. The molecule has 1 aromatic rings. The molecule has 1 fully saturated rings. The maximum absolute atomic E-state index is 12.4. The van der Waals surface area contributed by atoms with Crippen LogP contribution < -0.4 is 5.32 Å². The highest BCUT2D eigenvalue weighted by atomic mass is 35.5. The third-order valence-corrected chi connectivity index (χ3v) is 4.44. The molecule has 0 bridgehead atoms. The van der Waals surface area contributed by atoms with Crippen molar-refractivity contribution in [3.05, 3.63) is 34.9 Å². The number of halogens is 2. The van der Waals surface area contributed by atoms with Crippen LogP contribution in [0.4, 0.5) is 0 Å². The van der Waals surface area contributed by atoms with Crippen molar-refractivity contribution in [1.29, 1.82) is 0 Å². The Hall–Kier alpha value is -0.770. The van der Waals surface area contributed by atoms with E-state index >= 15 is 0 Å². The number of benzene rings is 1. The van der Waals surface area contributed by atoms with Gasteiger partial charge in [0.15, 0.2) is 0 Å². The SMILES string of the molecule is CC(C(=O)N(C)C(C)c1ccc(Cl)cc1)C1CNC1.Cl. The van der Waals surface area contributed by atoms with Crippen LogP contribution in [0, 0.1) is 11.8 Å². The van der Waals surface area contributed by atoms with Crippen molar-refractivity contribution in [1.82, 2.24) is 10.2 Å². The molecule has 1 amide bonds. The summed E-state index contributed by atoms with van der Waals surface area (Å²) in [6.45, 7) is 5.98. The maximum Gasteiger partial charge on any atom is 0.226 e. The number of nitrogens with zero attached hydrogens (tertiary/aromatic N) is 1. The molecule has 20 heavy (non-hydrogen) atoms. The van der Waals surface area contributed by atoms with Gasteiger partial charge in [0, 0.05) is 18.0 Å². The van der Waals surface area contributed by atoms with E-state index in [9.17, 15) is 4.79 Å². The topological polar surface area (TPSA) is 32.3 Å². The van der Waals surface area contributed by atoms with Crippen molar-refractivity contribution in [2.45, 2.75) is 19.9 Å². The Morgan fingerprint density at radius 3 is 2.30 bits per heavy atom. The van der Waals surface area contributed by atoms with Crippen molar-refractivity contribution >= 4 is 29.9 Å². The highest BCUT2D eigenvalue weighted by Crippen LogP contribution is 2.25. The molecule has 0 aromatic heterocycles. The molecule has 1 N–H and O–H groups in total. The van der Waals surface area contributed by atoms with Gasteiger partial charge in [0.2, 0.25) is 5.91 Å². The lowest BCUT2D eigenvalue weighted by atomic mass is 9.87. The van der Waals surface area contributed by atoms with Crippen LogP contribution in [0.3, 0.4) is 0 Å². The molecule has 1 heterocycles. The van der Waals surface area contributed by atoms with E-state index in [1.54, 1.807) is 0 Å². The zero-order valence-electron chi connectivity index (χ0n) is 12.1. The highest BCUT2D eigenvalue weighted by molar-refractivity contribution is 6.30. The second kappa shape index (κ2) is 7.30. The second-order valence-corrected chi connectivity index (χ2v) is 5.82. The van der Waals surface area contributed by atoms with E-state index in [1.807, 2.05) is 50.1 Å². The van der Waals surface area contributed by atoms with Gasteiger partial charge in [0.25, 0.3) is 0 Å². The van der Waals surface area contributed by atoms with E-state index in [0.29, 0.717) is 5.92 Å². The Kier molecular flexibility index (Phi) is 6.31. The quantitative estimate of drug-likeness (QED) is 0.925. The van der Waals surface area contributed by atoms with Crippen molar-refractivity contribution in [2.75, 3.05) is 20.1 Å². The Labute approximate surface area is 132 Å². The molecule has 0 radical (unpaired) electrons. The number of carbonyl (C=O) groups is 1. The predicted octanol–water partition coefficient (Wildman–Crippen LogP) is 3.14. The Morgan fingerprint density at radius 2 is 1.85 bits per heavy atom. The average molecular weight is 317 g/mol. The molecule has 112 valence electrons. The summed E-state index contributed by atoms with van der Waals surface area (Å²) in [6.07, 6.45) is 0. The van der Waals surface area contributed by atoms with Crippen LogP contribution in [-0.4, -0.2) is 30.9 Å². The molecule has 2 atom stereocenters. The van der Waals surface area contributed by atoms with Crippen molar-refractivity contribution in [3.63, 3.8) is 0 Å². The van der Waals surface area contributed by atoms with Crippen LogP contribution in [0.25, 0.3) is 0 Å². The van der Waals surface area contributed by atoms with Crippen molar-refractivity contribution < 1.29 is 4.79 Å². The van der Waals surface area contributed by atoms with Gasteiger partial charge in [-0.3, -0.25) is 4.79 Å². The molecular weight excluding hydrogens is 295 g/mol. The number of hydrogen-bond acceptors (Lipinski definition) is 2. The second-order valence-electron chi connectivity index (χ2n) is 5.38. The summed E-state index contributed by atoms with van der Waals surface area (Å²) >= 11 is 5.89. The van der Waals surface area contributed by atoms with Gasteiger partial charge in [-0.05, 0) is 43.6 Å². The van der Waals surface area contributed by atoms with Crippen LogP contribution in [-0.2, 0) is 4.79 Å². The number of nitrogens with one attached hydrogen (secondary N) is 1. The van der Waals surface area contributed by atoms with Crippen molar-refractivity contribution in [3.8, 4) is 0 Å². The number of rotatable bonds is 4. The molecule has 3 nitrogen and oxygen atoms in total. The molecule has 2 unspecified atom stereocenters. The first-order valence-corrected chi connectivity index (χ1v) is 7.11. The summed E-state index contributed by atoms with van der Waals surface area (Å²) in [6, 6.07) is 7.76. The van der Waals surface area contributed by atoms with E-state index in [-0.39, 0.29) is 30.3 Å². The Morgan fingerprint density at radius 1 is 1.30 bits per heavy atom. The van der Waals surface area contributed by atoms with Crippen LogP contribution >= 0.6 is 24.0 Å². The Balaban J connectivity index is 0.00000200. The summed E-state index contributed by atoms with van der Waals surface area (Å²) in [5.41, 5.74) is 1.11. The third-order valence-electron chi connectivity index (χ3n) is 4.19. The van der Waals surface area contributed by atoms with E-state index in [0.717, 1.165) is 23.7 Å². The smallest absolute Gasteiger partial charge is 0.226 e. The first-order valence-electron chi connectivity index (χ1n) is 6.73. The molecule has 5 heteroatoms. The normalized spacial score (nSPS) is 17.6. The standard InChI is InChI=1S/C15H21ClN2O.ClH/c1-10(13-8-17-9-13)15(19)18(3)11(2)12-4-6-14(16)7-5-12;/h4-7,10-11,13,17H,8-9H2,1-3H3;1H. The molecule has 1 aliphatic heterocycles. The summed E-state index contributed by atoms with van der Waals surface area (Å²) in [7, 11) is 1.88. The fourth-order valence-electron chi connectivity index (χ4n) is 2.34. The zero-order valence-corrected chi connectivity index (χ0v) is 13.7. The first-order chi connectivity index (χ1) is 9.00. The van der Waals surface area contributed by atoms with E-state index < -0.39 is 0 Å². The van der Waals surface area contributed by atoms with Gasteiger partial charge in [-0.1, -0.05) is 30.7 Å². The fourth-order valence-corrected chi connectivity index (χ4v) is 2.47. The minimum Gasteiger partial charge on any atom is -0.339 e. The van der Waals surface area contributed by atoms with Crippen molar-refractivity contribution in [2.24, 2.45) is 11.8 Å². The van der Waals surface area contributed by atoms with Gasteiger partial charge in [-0.25, -0.2) is 0 Å². The minimum atomic E-state index is 0. The number of amides is 1. The zero-order chi connectivity index (χ0) is 14.0. The molecule has 1 saturated heterocycles. The molecular formula is C15H22Cl2N2O. The minimum absolute atomic E-state index is 0. The highest BCUT2D eigenvalue weighted by Gasteiger charge is 2.31. The van der Waals surface area contributed by atoms with E-state index in [2.05, 4.69) is 5.32 Å². The lowest BCUT2D eigenvalue weighted by molar-refractivity contribution is -0.138. The first kappa shape index (κ1) is 17.3. The molecule has 0 spiro atoms. The summed E-state index contributed by atoms with van der Waals surface area (Å²) in [5, 5.41) is 3.94. The molecule has 0 saturated carbocycles. The van der Waals surface area contributed by atoms with Gasteiger partial charge >= 0.3 is 0 Å². The van der Waals surface area contributed by atoms with Crippen LogP contribution in [0.1, 0.15) is 25.5 Å². The summed E-state index contributed by atoms with van der Waals surface area (Å²) in [4.78, 5) is 14.3. The summed E-state index contributed by atoms with van der Waals surface area (Å²) in [5.74, 6) is 0.780. The molecule has 1 aliphatic rings. The van der Waals surface area contributed by atoms with Crippen LogP contribution in [0.15, 0.2) is 24.3 Å². The number of hydrogen-bond donors (Lipinski definition) is 1. The van der Waals surface area contributed by atoms with Gasteiger partial charge in [0.1, 0.15) is 0 Å². The van der Waals surface area contributed by atoms with Gasteiger partial charge in [0.05, 0.1) is 6.04 Å². The predicted molar refractivity (Wildman–Crippen MR) is 85.4 cm³/mol. The lowest BCUT2D eigenvalue weighted by Gasteiger charge is -2.35. The molecule has 0 aliphatic carbocycles.